The zero-order valence-electron chi connectivity index (χ0n) is 19.7. The molecule has 0 aliphatic heterocycles. The zero-order chi connectivity index (χ0) is 23.3. The molecular weight excluding hydrogens is 396 g/mol. The van der Waals surface area contributed by atoms with Crippen molar-refractivity contribution in [3.05, 3.63) is 81.9 Å². The van der Waals surface area contributed by atoms with E-state index in [0.717, 1.165) is 22.3 Å². The molecule has 0 radical (unpaired) electrons. The van der Waals surface area contributed by atoms with Crippen molar-refractivity contribution in [3.63, 3.8) is 0 Å². The number of hydrogen-bond acceptors (Lipinski definition) is 4. The van der Waals surface area contributed by atoms with Gasteiger partial charge in [0.05, 0.1) is 5.71 Å². The van der Waals surface area contributed by atoms with Crippen LogP contribution in [-0.4, -0.2) is 17.3 Å². The molecular formula is C28H32N2O2. The highest BCUT2D eigenvalue weighted by molar-refractivity contribution is 6.14. The van der Waals surface area contributed by atoms with Crippen LogP contribution in [0.15, 0.2) is 53.7 Å². The molecule has 0 saturated heterocycles. The first-order valence-electron chi connectivity index (χ1n) is 11.3. The normalized spacial score (nSPS) is 20.3. The van der Waals surface area contributed by atoms with Crippen molar-refractivity contribution in [2.75, 3.05) is 0 Å². The number of aryl methyl sites for hydroxylation is 1. The molecule has 0 spiro atoms. The standard InChI is InChI=1S/C28H32N2O2/c1-17-15-21-22(28(4,5)14-13-27(21,2)3)16-20(17)26(30-29)19-11-9-18(10-12-19)25-23(31)7-6-8-24(25)32/h9-16,25H,6-8,29H2,1-5H3/b30-26+. The second-order valence-corrected chi connectivity index (χ2v) is 10.3. The Hall–Kier alpha value is -3.01. The average Bonchev–Trinajstić information content (AvgIpc) is 2.74. The highest BCUT2D eigenvalue weighted by atomic mass is 16.2. The molecule has 2 aromatic rings. The Morgan fingerprint density at radius 3 is 1.97 bits per heavy atom. The van der Waals surface area contributed by atoms with Crippen LogP contribution in [0.1, 0.15) is 86.3 Å². The van der Waals surface area contributed by atoms with Crippen LogP contribution in [-0.2, 0) is 20.4 Å². The fraction of sp³-hybridized carbons (Fsp3) is 0.393. The predicted octanol–water partition coefficient (Wildman–Crippen LogP) is 5.24. The van der Waals surface area contributed by atoms with Gasteiger partial charge in [-0.2, -0.15) is 5.10 Å². The molecule has 4 nitrogen and oxygen atoms in total. The Morgan fingerprint density at radius 1 is 0.906 bits per heavy atom. The maximum Gasteiger partial charge on any atom is 0.147 e. The van der Waals surface area contributed by atoms with Gasteiger partial charge in [0.1, 0.15) is 17.5 Å². The van der Waals surface area contributed by atoms with Crippen molar-refractivity contribution in [1.82, 2.24) is 0 Å². The quantitative estimate of drug-likeness (QED) is 0.239. The summed E-state index contributed by atoms with van der Waals surface area (Å²) in [6.45, 7) is 11.0. The molecule has 0 aromatic heterocycles. The summed E-state index contributed by atoms with van der Waals surface area (Å²) >= 11 is 0. The number of hydrazone groups is 1. The van der Waals surface area contributed by atoms with E-state index in [0.29, 0.717) is 25.0 Å². The minimum absolute atomic E-state index is 0.0187. The van der Waals surface area contributed by atoms with Gasteiger partial charge in [-0.25, -0.2) is 0 Å². The first-order chi connectivity index (χ1) is 15.0. The number of benzene rings is 2. The maximum absolute atomic E-state index is 12.3. The van der Waals surface area contributed by atoms with E-state index in [-0.39, 0.29) is 22.4 Å². The lowest BCUT2D eigenvalue weighted by Crippen LogP contribution is -2.30. The van der Waals surface area contributed by atoms with Crippen molar-refractivity contribution in [2.45, 2.75) is 70.6 Å². The van der Waals surface area contributed by atoms with E-state index in [2.05, 4.69) is 64.0 Å². The van der Waals surface area contributed by atoms with Crippen molar-refractivity contribution >= 4 is 17.3 Å². The Labute approximate surface area is 190 Å². The van der Waals surface area contributed by atoms with Gasteiger partial charge in [-0.1, -0.05) is 70.2 Å². The van der Waals surface area contributed by atoms with E-state index in [9.17, 15) is 9.59 Å². The number of carbonyl (C=O) groups is 2. The topological polar surface area (TPSA) is 72.5 Å². The van der Waals surface area contributed by atoms with Gasteiger partial charge < -0.3 is 5.84 Å². The summed E-state index contributed by atoms with van der Waals surface area (Å²) in [7, 11) is 0. The lowest BCUT2D eigenvalue weighted by molar-refractivity contribution is -0.131. The Morgan fingerprint density at radius 2 is 1.44 bits per heavy atom. The Bertz CT molecular complexity index is 1130. The number of allylic oxidation sites excluding steroid dienone is 2. The molecule has 4 heteroatoms. The smallest absolute Gasteiger partial charge is 0.147 e. The van der Waals surface area contributed by atoms with Gasteiger partial charge in [0.25, 0.3) is 0 Å². The van der Waals surface area contributed by atoms with Crippen LogP contribution in [0.25, 0.3) is 0 Å². The minimum atomic E-state index is -0.628. The fourth-order valence-electron chi connectivity index (χ4n) is 5.04. The van der Waals surface area contributed by atoms with E-state index in [1.54, 1.807) is 0 Å². The summed E-state index contributed by atoms with van der Waals surface area (Å²) in [5.74, 6) is 5.30. The maximum atomic E-state index is 12.3. The number of fused-ring (bicyclic) bond motifs is 1. The third-order valence-electron chi connectivity index (χ3n) is 7.06. The van der Waals surface area contributed by atoms with Gasteiger partial charge in [-0.05, 0) is 41.7 Å². The SMILES string of the molecule is Cc1cc2c(cc1/C(=N/N)c1ccc(C3C(=O)CCCC3=O)cc1)C(C)(C)C=CC2(C)C. The van der Waals surface area contributed by atoms with Crippen LogP contribution in [0, 0.1) is 6.92 Å². The number of hydrogen-bond donors (Lipinski definition) is 1. The first-order valence-corrected chi connectivity index (χ1v) is 11.3. The summed E-state index contributed by atoms with van der Waals surface area (Å²) < 4.78 is 0. The van der Waals surface area contributed by atoms with Gasteiger partial charge >= 0.3 is 0 Å². The highest BCUT2D eigenvalue weighted by Gasteiger charge is 2.34. The molecule has 0 atom stereocenters. The van der Waals surface area contributed by atoms with Crippen molar-refractivity contribution in [3.8, 4) is 0 Å². The monoisotopic (exact) mass is 428 g/mol. The molecule has 166 valence electrons. The van der Waals surface area contributed by atoms with E-state index in [4.69, 9.17) is 5.84 Å². The molecule has 1 fully saturated rings. The van der Waals surface area contributed by atoms with E-state index in [1.165, 1.54) is 11.1 Å². The van der Waals surface area contributed by atoms with Crippen LogP contribution >= 0.6 is 0 Å². The van der Waals surface area contributed by atoms with Crippen LogP contribution < -0.4 is 5.84 Å². The molecule has 0 heterocycles. The molecule has 0 bridgehead atoms. The van der Waals surface area contributed by atoms with Gasteiger partial charge in [0.15, 0.2) is 0 Å². The molecule has 2 aromatic carbocycles. The van der Waals surface area contributed by atoms with Gasteiger partial charge in [0.2, 0.25) is 0 Å². The summed E-state index contributed by atoms with van der Waals surface area (Å²) in [6.07, 6.45) is 6.18. The molecule has 1 saturated carbocycles. The van der Waals surface area contributed by atoms with Crippen LogP contribution in [0.5, 0.6) is 0 Å². The molecule has 2 aliphatic carbocycles. The average molecular weight is 429 g/mol. The largest absolute Gasteiger partial charge is 0.323 e. The van der Waals surface area contributed by atoms with E-state index < -0.39 is 5.92 Å². The predicted molar refractivity (Wildman–Crippen MR) is 129 cm³/mol. The molecule has 32 heavy (non-hydrogen) atoms. The number of carbonyl (C=O) groups excluding carboxylic acids is 2. The number of ketones is 2. The Balaban J connectivity index is 1.74. The second kappa shape index (κ2) is 7.84. The van der Waals surface area contributed by atoms with Crippen LogP contribution in [0.2, 0.25) is 0 Å². The molecule has 0 unspecified atom stereocenters. The second-order valence-electron chi connectivity index (χ2n) is 10.3. The third-order valence-corrected chi connectivity index (χ3v) is 7.06. The number of rotatable bonds is 3. The molecule has 2 N–H and O–H groups in total. The molecule has 0 amide bonds. The van der Waals surface area contributed by atoms with Crippen molar-refractivity contribution in [2.24, 2.45) is 10.9 Å². The van der Waals surface area contributed by atoms with E-state index in [1.807, 2.05) is 24.3 Å². The zero-order valence-corrected chi connectivity index (χ0v) is 19.7. The number of nitrogens with two attached hydrogens (primary N) is 1. The van der Waals surface area contributed by atoms with Crippen molar-refractivity contribution < 1.29 is 9.59 Å². The van der Waals surface area contributed by atoms with Crippen LogP contribution in [0.3, 0.4) is 0 Å². The number of nitrogens with zero attached hydrogens (tertiary/aromatic N) is 1. The summed E-state index contributed by atoms with van der Waals surface area (Å²) in [5, 5.41) is 4.16. The minimum Gasteiger partial charge on any atom is -0.323 e. The molecule has 2 aliphatic rings. The highest BCUT2D eigenvalue weighted by Crippen LogP contribution is 2.42. The van der Waals surface area contributed by atoms with Gasteiger partial charge in [-0.15, -0.1) is 0 Å². The Kier molecular flexibility index (Phi) is 5.44. The van der Waals surface area contributed by atoms with Gasteiger partial charge in [-0.3, -0.25) is 9.59 Å². The molecule has 4 rings (SSSR count). The summed E-state index contributed by atoms with van der Waals surface area (Å²) in [4.78, 5) is 24.7. The first kappa shape index (κ1) is 22.2. The van der Waals surface area contributed by atoms with E-state index >= 15 is 0 Å². The van der Waals surface area contributed by atoms with Crippen LogP contribution in [0.4, 0.5) is 0 Å². The number of Topliss-reactive ketones (excluding diaryl/α,β-unsaturated/α-hetero) is 2. The summed E-state index contributed by atoms with van der Waals surface area (Å²) in [6, 6.07) is 12.1. The van der Waals surface area contributed by atoms with Crippen molar-refractivity contribution in [1.29, 1.82) is 0 Å². The third kappa shape index (κ3) is 3.72. The van der Waals surface area contributed by atoms with Gasteiger partial charge in [0, 0.05) is 34.8 Å². The lowest BCUT2D eigenvalue weighted by Gasteiger charge is -2.37. The lowest BCUT2D eigenvalue weighted by atomic mass is 9.67. The summed E-state index contributed by atoms with van der Waals surface area (Å²) in [5.41, 5.74) is 6.95. The fourth-order valence-corrected chi connectivity index (χ4v) is 5.04.